The molecule has 0 fully saturated rings. The summed E-state index contributed by atoms with van der Waals surface area (Å²) in [5, 5.41) is 13.3. The Balaban J connectivity index is 1.76. The number of amides is 1. The maximum atomic E-state index is 12.8. The highest BCUT2D eigenvalue weighted by atomic mass is 35.5. The van der Waals surface area contributed by atoms with Gasteiger partial charge in [0.2, 0.25) is 0 Å². The molecule has 1 heterocycles. The molecule has 34 heavy (non-hydrogen) atoms. The Hall–Kier alpha value is -3.60. The summed E-state index contributed by atoms with van der Waals surface area (Å²) in [4.78, 5) is 26.1. The monoisotopic (exact) mass is 494 g/mol. The maximum absolute atomic E-state index is 12.8. The topological polar surface area (TPSA) is 88.4 Å². The van der Waals surface area contributed by atoms with Crippen molar-refractivity contribution in [3.63, 3.8) is 0 Å². The molecule has 3 aromatic rings. The summed E-state index contributed by atoms with van der Waals surface area (Å²) in [6.07, 6.45) is 1.47. The van der Waals surface area contributed by atoms with Crippen molar-refractivity contribution in [2.24, 2.45) is 0 Å². The molecule has 0 aliphatic carbocycles. The van der Waals surface area contributed by atoms with Gasteiger partial charge in [0.25, 0.3) is 5.91 Å². The van der Waals surface area contributed by atoms with Crippen LogP contribution >= 0.6 is 22.9 Å². The molecule has 0 aliphatic rings. The maximum Gasteiger partial charge on any atom is 0.341 e. The van der Waals surface area contributed by atoms with Crippen molar-refractivity contribution in [1.29, 1.82) is 5.26 Å². The summed E-state index contributed by atoms with van der Waals surface area (Å²) in [5.74, 6) is -0.523. The number of hydrogen-bond donors (Lipinski definition) is 1. The molecule has 174 valence electrons. The summed E-state index contributed by atoms with van der Waals surface area (Å²) in [6.45, 7) is 5.94. The second-order valence-corrected chi connectivity index (χ2v) is 8.98. The van der Waals surface area contributed by atoms with Gasteiger partial charge in [0.1, 0.15) is 29.0 Å². The molecular weight excluding hydrogens is 472 g/mol. The lowest BCUT2D eigenvalue weighted by Gasteiger charge is -2.08. The van der Waals surface area contributed by atoms with Crippen LogP contribution in [-0.4, -0.2) is 18.5 Å². The Labute approximate surface area is 207 Å². The minimum absolute atomic E-state index is 0.103. The highest BCUT2D eigenvalue weighted by Gasteiger charge is 2.23. The van der Waals surface area contributed by atoms with Crippen LogP contribution in [0.3, 0.4) is 0 Å². The lowest BCUT2D eigenvalue weighted by atomic mass is 10.1. The zero-order valence-electron chi connectivity index (χ0n) is 19.0. The van der Waals surface area contributed by atoms with Crippen LogP contribution in [0.2, 0.25) is 5.02 Å². The number of carbonyl (C=O) groups excluding carboxylic acids is 2. The number of nitrogens with zero attached hydrogens (tertiary/aromatic N) is 1. The van der Waals surface area contributed by atoms with Crippen LogP contribution in [0.15, 0.2) is 54.1 Å². The molecule has 0 unspecified atom stereocenters. The van der Waals surface area contributed by atoms with Crippen LogP contribution in [0.25, 0.3) is 6.08 Å². The molecule has 1 aromatic heterocycles. The van der Waals surface area contributed by atoms with E-state index in [4.69, 9.17) is 21.1 Å². The lowest BCUT2D eigenvalue weighted by molar-refractivity contribution is -0.112. The second-order valence-electron chi connectivity index (χ2n) is 7.32. The quantitative estimate of drug-likeness (QED) is 0.225. The lowest BCUT2D eigenvalue weighted by Crippen LogP contribution is -2.16. The summed E-state index contributed by atoms with van der Waals surface area (Å²) in [6, 6.07) is 16.4. The van der Waals surface area contributed by atoms with E-state index in [-0.39, 0.29) is 12.2 Å². The molecule has 0 atom stereocenters. The molecule has 6 nitrogen and oxygen atoms in total. The minimum atomic E-state index is -0.609. The third-order valence-corrected chi connectivity index (χ3v) is 6.32. The Kier molecular flexibility index (Phi) is 8.47. The molecule has 1 N–H and O–H groups in total. The summed E-state index contributed by atoms with van der Waals surface area (Å²) < 4.78 is 10.9. The van der Waals surface area contributed by atoms with E-state index in [2.05, 4.69) is 5.32 Å². The summed E-state index contributed by atoms with van der Waals surface area (Å²) in [5.41, 5.74) is 2.54. The first kappa shape index (κ1) is 25.0. The molecule has 1 amide bonds. The van der Waals surface area contributed by atoms with E-state index >= 15 is 0 Å². The fraction of sp³-hybridized carbons (Fsp3) is 0.192. The van der Waals surface area contributed by atoms with Gasteiger partial charge in [-0.05, 0) is 67.8 Å². The largest absolute Gasteiger partial charge is 0.489 e. The van der Waals surface area contributed by atoms with Crippen molar-refractivity contribution in [1.82, 2.24) is 0 Å². The zero-order valence-corrected chi connectivity index (χ0v) is 20.5. The molecule has 0 radical (unpaired) electrons. The molecule has 2 aromatic carbocycles. The predicted octanol–water partition coefficient (Wildman–Crippen LogP) is 6.32. The van der Waals surface area contributed by atoms with Crippen molar-refractivity contribution in [2.45, 2.75) is 27.4 Å². The third kappa shape index (κ3) is 6.25. The minimum Gasteiger partial charge on any atom is -0.489 e. The smallest absolute Gasteiger partial charge is 0.341 e. The summed E-state index contributed by atoms with van der Waals surface area (Å²) >= 11 is 7.17. The number of aryl methyl sites for hydroxylation is 1. The molecule has 0 saturated carbocycles. The number of thiophene rings is 1. The number of benzene rings is 2. The van der Waals surface area contributed by atoms with E-state index < -0.39 is 11.9 Å². The van der Waals surface area contributed by atoms with E-state index in [0.717, 1.165) is 16.0 Å². The first-order valence-corrected chi connectivity index (χ1v) is 11.7. The number of anilines is 1. The number of esters is 1. The van der Waals surface area contributed by atoms with E-state index in [1.807, 2.05) is 25.1 Å². The first-order chi connectivity index (χ1) is 16.3. The SMILES string of the molecule is CCOC(=O)c1c(NC(=O)/C(C#N)=C/c2cccc(OCc3ccc(Cl)cc3)c2)sc(C)c1C. The van der Waals surface area contributed by atoms with Gasteiger partial charge in [0, 0.05) is 9.90 Å². The molecule has 8 heteroatoms. The van der Waals surface area contributed by atoms with Crippen molar-refractivity contribution < 1.29 is 19.1 Å². The Morgan fingerprint density at radius 2 is 1.91 bits per heavy atom. The summed E-state index contributed by atoms with van der Waals surface area (Å²) in [7, 11) is 0. The Morgan fingerprint density at radius 3 is 2.59 bits per heavy atom. The van der Waals surface area contributed by atoms with Crippen LogP contribution in [-0.2, 0) is 16.1 Å². The van der Waals surface area contributed by atoms with Gasteiger partial charge in [-0.25, -0.2) is 4.79 Å². The third-order valence-electron chi connectivity index (χ3n) is 4.94. The molecule has 0 saturated heterocycles. The van der Waals surface area contributed by atoms with Gasteiger partial charge in [-0.3, -0.25) is 4.79 Å². The number of carbonyl (C=O) groups is 2. The van der Waals surface area contributed by atoms with Gasteiger partial charge >= 0.3 is 5.97 Å². The van der Waals surface area contributed by atoms with Crippen LogP contribution in [0.1, 0.15) is 38.8 Å². The van der Waals surface area contributed by atoms with Crippen molar-refractivity contribution >= 4 is 45.9 Å². The van der Waals surface area contributed by atoms with Crippen molar-refractivity contribution in [3.05, 3.63) is 86.3 Å². The van der Waals surface area contributed by atoms with Crippen LogP contribution in [0.4, 0.5) is 5.00 Å². The van der Waals surface area contributed by atoms with E-state index in [1.165, 1.54) is 17.4 Å². The molecule has 0 aliphatic heterocycles. The van der Waals surface area contributed by atoms with Gasteiger partial charge in [-0.15, -0.1) is 11.3 Å². The number of halogens is 1. The predicted molar refractivity (Wildman–Crippen MR) is 134 cm³/mol. The Morgan fingerprint density at radius 1 is 1.18 bits per heavy atom. The molecule has 0 bridgehead atoms. The standard InChI is InChI=1S/C26H23ClN2O4S/c1-4-32-26(31)23-16(2)17(3)34-25(23)29-24(30)20(14-28)12-19-6-5-7-22(13-19)33-15-18-8-10-21(27)11-9-18/h5-13H,4,15H2,1-3H3,(H,29,30)/b20-12+. The van der Waals surface area contributed by atoms with E-state index in [0.29, 0.717) is 33.5 Å². The van der Waals surface area contributed by atoms with E-state index in [9.17, 15) is 14.9 Å². The van der Waals surface area contributed by atoms with E-state index in [1.54, 1.807) is 50.2 Å². The first-order valence-electron chi connectivity index (χ1n) is 10.5. The second kappa shape index (κ2) is 11.5. The van der Waals surface area contributed by atoms with Gasteiger partial charge in [-0.2, -0.15) is 5.26 Å². The number of hydrogen-bond acceptors (Lipinski definition) is 6. The molecule has 3 rings (SSSR count). The van der Waals surface area contributed by atoms with Gasteiger partial charge in [0.05, 0.1) is 12.2 Å². The fourth-order valence-corrected chi connectivity index (χ4v) is 4.26. The number of nitriles is 1. The van der Waals surface area contributed by atoms with Gasteiger partial charge in [-0.1, -0.05) is 35.9 Å². The number of rotatable bonds is 8. The van der Waals surface area contributed by atoms with Gasteiger partial charge in [0.15, 0.2) is 0 Å². The average Bonchev–Trinajstić information content (AvgIpc) is 3.10. The highest BCUT2D eigenvalue weighted by Crippen LogP contribution is 2.33. The average molecular weight is 495 g/mol. The van der Waals surface area contributed by atoms with Gasteiger partial charge < -0.3 is 14.8 Å². The number of nitrogens with one attached hydrogen (secondary N) is 1. The normalized spacial score (nSPS) is 11.0. The molecular formula is C26H23ClN2O4S. The van der Waals surface area contributed by atoms with Crippen LogP contribution in [0, 0.1) is 25.2 Å². The number of ether oxygens (including phenoxy) is 2. The van der Waals surface area contributed by atoms with Crippen molar-refractivity contribution in [3.8, 4) is 11.8 Å². The van der Waals surface area contributed by atoms with Crippen molar-refractivity contribution in [2.75, 3.05) is 11.9 Å². The fourth-order valence-electron chi connectivity index (χ4n) is 3.09. The Bertz CT molecular complexity index is 1270. The van der Waals surface area contributed by atoms with Crippen LogP contribution in [0.5, 0.6) is 5.75 Å². The van der Waals surface area contributed by atoms with Crippen LogP contribution < -0.4 is 10.1 Å². The zero-order chi connectivity index (χ0) is 24.7. The highest BCUT2D eigenvalue weighted by molar-refractivity contribution is 7.16. The molecule has 0 spiro atoms.